The first kappa shape index (κ1) is 34.3. The highest BCUT2D eigenvalue weighted by Crippen LogP contribution is 2.39. The molecule has 0 aliphatic rings. The van der Waals surface area contributed by atoms with E-state index in [4.69, 9.17) is 14.8 Å². The first-order chi connectivity index (χ1) is 24.5. The lowest BCUT2D eigenvalue weighted by molar-refractivity contribution is 0.481. The van der Waals surface area contributed by atoms with Crippen LogP contribution >= 0.6 is 0 Å². The maximum atomic E-state index is 6.73. The van der Waals surface area contributed by atoms with E-state index < -0.39 is 0 Å². The van der Waals surface area contributed by atoms with Crippen LogP contribution in [0, 0.1) is 12.8 Å². The first-order valence-electron chi connectivity index (χ1n) is 18.5. The quantitative estimate of drug-likeness (QED) is 0.145. The van der Waals surface area contributed by atoms with Gasteiger partial charge in [0, 0.05) is 40.9 Å². The Hall–Kier alpha value is -5.16. The van der Waals surface area contributed by atoms with Crippen molar-refractivity contribution in [1.29, 1.82) is 0 Å². The van der Waals surface area contributed by atoms with Crippen molar-refractivity contribution in [2.45, 2.75) is 86.5 Å². The predicted octanol–water partition coefficient (Wildman–Crippen LogP) is 12.7. The molecule has 0 saturated carbocycles. The van der Waals surface area contributed by atoms with Crippen LogP contribution in [0.25, 0.3) is 44.4 Å². The van der Waals surface area contributed by atoms with Crippen LogP contribution in [0.15, 0.2) is 104 Å². The molecule has 0 N–H and O–H groups in total. The van der Waals surface area contributed by atoms with E-state index in [1.54, 1.807) is 0 Å². The lowest BCUT2D eigenvalue weighted by Gasteiger charge is -2.20. The Morgan fingerprint density at radius 2 is 1.41 bits per heavy atom. The van der Waals surface area contributed by atoms with E-state index in [9.17, 15) is 0 Å². The molecule has 0 unspecified atom stereocenters. The number of ether oxygens (including phenoxy) is 1. The molecule has 7 aromatic rings. The zero-order valence-corrected chi connectivity index (χ0v) is 31.5. The van der Waals surface area contributed by atoms with Gasteiger partial charge < -0.3 is 4.74 Å². The van der Waals surface area contributed by atoms with Gasteiger partial charge in [0.1, 0.15) is 17.3 Å². The van der Waals surface area contributed by atoms with Crippen molar-refractivity contribution in [3.05, 3.63) is 131 Å². The number of hydrogen-bond acceptors (Lipinski definition) is 3. The van der Waals surface area contributed by atoms with E-state index >= 15 is 0 Å². The summed E-state index contributed by atoms with van der Waals surface area (Å²) in [5, 5.41) is 7.29. The largest absolute Gasteiger partial charge is 0.457 e. The molecule has 0 amide bonds. The molecule has 5 nitrogen and oxygen atoms in total. The molecule has 5 heteroatoms. The minimum Gasteiger partial charge on any atom is -0.457 e. The van der Waals surface area contributed by atoms with Crippen molar-refractivity contribution in [3.8, 4) is 34.1 Å². The molecule has 0 saturated heterocycles. The predicted molar refractivity (Wildman–Crippen MR) is 213 cm³/mol. The molecule has 51 heavy (non-hydrogen) atoms. The van der Waals surface area contributed by atoms with Crippen molar-refractivity contribution < 1.29 is 4.74 Å². The maximum absolute atomic E-state index is 6.73. The van der Waals surface area contributed by atoms with Crippen molar-refractivity contribution in [2.24, 2.45) is 5.92 Å². The van der Waals surface area contributed by atoms with E-state index in [-0.39, 0.29) is 0 Å². The minimum absolute atomic E-state index is 0.314. The number of hydrogen-bond donors (Lipinski definition) is 0. The SMILES string of the molecule is Cc1cc(C(C)C)c(-c2cnn(-c3cc(Oc4ccc5c6ccccc6n(-c6cc(CC(C)C)ccn6)c5c4)cc(C(C)C)c3)c2)c(C(C)C)c1. The molecule has 3 aromatic heterocycles. The third kappa shape index (κ3) is 6.82. The first-order valence-corrected chi connectivity index (χ1v) is 18.5. The highest BCUT2D eigenvalue weighted by Gasteiger charge is 2.20. The van der Waals surface area contributed by atoms with Gasteiger partial charge in [0.2, 0.25) is 0 Å². The number of fused-ring (bicyclic) bond motifs is 3. The van der Waals surface area contributed by atoms with Crippen LogP contribution in [0.1, 0.15) is 101 Å². The van der Waals surface area contributed by atoms with Crippen molar-refractivity contribution in [3.63, 3.8) is 0 Å². The highest BCUT2D eigenvalue weighted by molar-refractivity contribution is 6.09. The van der Waals surface area contributed by atoms with E-state index in [0.29, 0.717) is 23.7 Å². The molecule has 260 valence electrons. The second-order valence-electron chi connectivity index (χ2n) is 15.5. The molecule has 3 heterocycles. The van der Waals surface area contributed by atoms with Crippen molar-refractivity contribution >= 4 is 21.8 Å². The van der Waals surface area contributed by atoms with E-state index in [1.165, 1.54) is 44.2 Å². The summed E-state index contributed by atoms with van der Waals surface area (Å²) in [6.07, 6.45) is 7.13. The normalized spacial score (nSPS) is 12.0. The van der Waals surface area contributed by atoms with Crippen LogP contribution in [0.2, 0.25) is 0 Å². The molecule has 0 radical (unpaired) electrons. The van der Waals surface area contributed by atoms with Gasteiger partial charge in [-0.1, -0.05) is 91.3 Å². The van der Waals surface area contributed by atoms with Crippen LogP contribution in [-0.4, -0.2) is 19.3 Å². The molecule has 0 bridgehead atoms. The number of benzene rings is 4. The second-order valence-corrected chi connectivity index (χ2v) is 15.5. The van der Waals surface area contributed by atoms with Crippen LogP contribution in [0.5, 0.6) is 11.5 Å². The summed E-state index contributed by atoms with van der Waals surface area (Å²) in [6.45, 7) is 20.3. The Morgan fingerprint density at radius 1 is 0.686 bits per heavy atom. The molecule has 7 rings (SSSR count). The van der Waals surface area contributed by atoms with Gasteiger partial charge in [-0.2, -0.15) is 5.10 Å². The molecule has 0 spiro atoms. The molecular weight excluding hydrogens is 625 g/mol. The molecule has 0 aliphatic heterocycles. The fourth-order valence-electron chi connectivity index (χ4n) is 7.39. The third-order valence-electron chi connectivity index (χ3n) is 9.87. The smallest absolute Gasteiger partial charge is 0.137 e. The zero-order chi connectivity index (χ0) is 36.0. The van der Waals surface area contributed by atoms with Crippen molar-refractivity contribution in [2.75, 3.05) is 0 Å². The zero-order valence-electron chi connectivity index (χ0n) is 31.5. The number of para-hydroxylation sites is 1. The van der Waals surface area contributed by atoms with E-state index in [1.807, 2.05) is 17.1 Å². The number of aromatic nitrogens is 4. The van der Waals surface area contributed by atoms with Crippen LogP contribution in [0.3, 0.4) is 0 Å². The molecular formula is C46H50N4O. The van der Waals surface area contributed by atoms with Gasteiger partial charge in [0.25, 0.3) is 0 Å². The lowest BCUT2D eigenvalue weighted by atomic mass is 9.84. The Kier molecular flexibility index (Phi) is 9.32. The molecule has 4 aromatic carbocycles. The summed E-state index contributed by atoms with van der Waals surface area (Å²) >= 11 is 0. The summed E-state index contributed by atoms with van der Waals surface area (Å²) in [7, 11) is 0. The third-order valence-corrected chi connectivity index (χ3v) is 9.87. The van der Waals surface area contributed by atoms with Gasteiger partial charge in [-0.05, 0) is 107 Å². The molecule has 0 aliphatic carbocycles. The summed E-state index contributed by atoms with van der Waals surface area (Å²) in [4.78, 5) is 4.85. The minimum atomic E-state index is 0.314. The van der Waals surface area contributed by atoms with Crippen LogP contribution in [-0.2, 0) is 6.42 Å². The summed E-state index contributed by atoms with van der Waals surface area (Å²) < 4.78 is 11.0. The number of aryl methyl sites for hydroxylation is 1. The van der Waals surface area contributed by atoms with Gasteiger partial charge >= 0.3 is 0 Å². The van der Waals surface area contributed by atoms with Crippen molar-refractivity contribution in [1.82, 2.24) is 19.3 Å². The summed E-state index contributed by atoms with van der Waals surface area (Å²) in [6, 6.07) is 30.5. The Morgan fingerprint density at radius 3 is 2.12 bits per heavy atom. The lowest BCUT2D eigenvalue weighted by Crippen LogP contribution is -2.01. The Balaban J connectivity index is 1.30. The maximum Gasteiger partial charge on any atom is 0.137 e. The topological polar surface area (TPSA) is 44.9 Å². The fourth-order valence-corrected chi connectivity index (χ4v) is 7.39. The van der Waals surface area contributed by atoms with Gasteiger partial charge in [-0.25, -0.2) is 9.67 Å². The number of rotatable bonds is 10. The summed E-state index contributed by atoms with van der Waals surface area (Å²) in [5.41, 5.74) is 12.2. The highest BCUT2D eigenvalue weighted by atomic mass is 16.5. The van der Waals surface area contributed by atoms with Gasteiger partial charge in [0.15, 0.2) is 0 Å². The molecule has 0 fully saturated rings. The van der Waals surface area contributed by atoms with Gasteiger partial charge in [-0.15, -0.1) is 0 Å². The average Bonchev–Trinajstić information content (AvgIpc) is 3.71. The van der Waals surface area contributed by atoms with E-state index in [0.717, 1.165) is 46.0 Å². The Bertz CT molecular complexity index is 2320. The molecule has 0 atom stereocenters. The average molecular weight is 675 g/mol. The van der Waals surface area contributed by atoms with Crippen LogP contribution < -0.4 is 4.74 Å². The second kappa shape index (κ2) is 13.9. The number of pyridine rings is 1. The number of nitrogens with zero attached hydrogens (tertiary/aromatic N) is 4. The van der Waals surface area contributed by atoms with Gasteiger partial charge in [0.05, 0.1) is 22.9 Å². The van der Waals surface area contributed by atoms with Crippen LogP contribution in [0.4, 0.5) is 0 Å². The Labute approximate surface area is 302 Å². The standard InChI is InChI=1S/C46H50N4O/c1-28(2)18-33-16-17-47-45(21-33)50-43-13-11-10-12-39(43)40-15-14-37(25-44(40)50)51-38-23-34(29(3)4)22-36(24-38)49-27-35(26-48-49)46-41(30(5)6)19-32(9)20-42(46)31(7)8/h10-17,19-31H,18H2,1-9H3. The van der Waals surface area contributed by atoms with E-state index in [2.05, 4.69) is 158 Å². The summed E-state index contributed by atoms with van der Waals surface area (Å²) in [5.74, 6) is 4.17. The monoisotopic (exact) mass is 674 g/mol. The fraction of sp³-hybridized carbons (Fsp3) is 0.304. The van der Waals surface area contributed by atoms with Gasteiger partial charge in [-0.3, -0.25) is 4.57 Å².